The molecule has 28 heavy (non-hydrogen) atoms. The van der Waals surface area contributed by atoms with Gasteiger partial charge in [-0.25, -0.2) is 4.98 Å². The Bertz CT molecular complexity index is 1030. The molecule has 0 saturated carbocycles. The number of Topliss-reactive ketones (excluding diaryl/α,β-unsaturated/α-hetero) is 1. The highest BCUT2D eigenvalue weighted by atomic mass is 35.5. The minimum absolute atomic E-state index is 0.0850. The van der Waals surface area contributed by atoms with Gasteiger partial charge < -0.3 is 10.3 Å². The summed E-state index contributed by atoms with van der Waals surface area (Å²) in [6, 6.07) is 7.38. The number of thioether (sulfide) groups is 1. The third kappa shape index (κ3) is 3.51. The second-order valence-electron chi connectivity index (χ2n) is 7.25. The van der Waals surface area contributed by atoms with E-state index in [4.69, 9.17) is 16.6 Å². The molecule has 2 atom stereocenters. The van der Waals surface area contributed by atoms with Crippen LogP contribution in [0.5, 0.6) is 0 Å². The molecule has 1 aliphatic heterocycles. The zero-order valence-corrected chi connectivity index (χ0v) is 17.4. The van der Waals surface area contributed by atoms with Crippen LogP contribution in [-0.2, 0) is 4.79 Å². The molecule has 1 aromatic heterocycles. The quantitative estimate of drug-likeness (QED) is 0.550. The summed E-state index contributed by atoms with van der Waals surface area (Å²) in [4.78, 5) is 33.5. The number of allylic oxidation sites excluding steroid dienone is 2. The van der Waals surface area contributed by atoms with Gasteiger partial charge in [-0.1, -0.05) is 49.3 Å². The van der Waals surface area contributed by atoms with Gasteiger partial charge in [-0.05, 0) is 37.0 Å². The summed E-state index contributed by atoms with van der Waals surface area (Å²) in [6.45, 7) is 4.21. The number of nitrogens with zero attached hydrogens (tertiary/aromatic N) is 1. The first kappa shape index (κ1) is 19.3. The maximum Gasteiger partial charge on any atom is 0.257 e. The Labute approximate surface area is 173 Å². The fourth-order valence-electron chi connectivity index (χ4n) is 3.79. The van der Waals surface area contributed by atoms with E-state index in [1.165, 1.54) is 0 Å². The van der Waals surface area contributed by atoms with Gasteiger partial charge in [0.25, 0.3) is 5.56 Å². The number of carbonyl (C=O) groups excluding carboxylic acids is 1. The average Bonchev–Trinajstić information content (AvgIpc) is 2.66. The van der Waals surface area contributed by atoms with Gasteiger partial charge in [0.15, 0.2) is 10.9 Å². The van der Waals surface area contributed by atoms with E-state index in [0.29, 0.717) is 38.8 Å². The molecule has 1 aliphatic carbocycles. The molecule has 0 bridgehead atoms. The molecule has 2 N–H and O–H groups in total. The van der Waals surface area contributed by atoms with Gasteiger partial charge in [-0.15, -0.1) is 0 Å². The SMILES string of the molecule is CCC(C)Sc1nc2c(c(=O)[nH]1)C(c1cccc(Cl)c1)C1=C(CCCC1=O)N2. The molecule has 2 heterocycles. The highest BCUT2D eigenvalue weighted by Crippen LogP contribution is 2.43. The van der Waals surface area contributed by atoms with Crippen LogP contribution in [0.4, 0.5) is 5.82 Å². The Morgan fingerprint density at radius 2 is 2.14 bits per heavy atom. The number of hydrogen-bond acceptors (Lipinski definition) is 5. The van der Waals surface area contributed by atoms with E-state index in [1.54, 1.807) is 17.8 Å². The smallest absolute Gasteiger partial charge is 0.257 e. The minimum atomic E-state index is -0.448. The molecule has 0 spiro atoms. The predicted molar refractivity (Wildman–Crippen MR) is 113 cm³/mol. The van der Waals surface area contributed by atoms with Crippen LogP contribution in [0.15, 0.2) is 45.5 Å². The van der Waals surface area contributed by atoms with Crippen molar-refractivity contribution >= 4 is 35.0 Å². The fraction of sp³-hybridized carbons (Fsp3) is 0.381. The van der Waals surface area contributed by atoms with Crippen molar-refractivity contribution < 1.29 is 4.79 Å². The molecule has 7 heteroatoms. The fourth-order valence-corrected chi connectivity index (χ4v) is 4.83. The van der Waals surface area contributed by atoms with Crippen molar-refractivity contribution in [1.82, 2.24) is 9.97 Å². The zero-order chi connectivity index (χ0) is 19.8. The van der Waals surface area contributed by atoms with E-state index in [1.807, 2.05) is 18.2 Å². The summed E-state index contributed by atoms with van der Waals surface area (Å²) in [5.41, 5.74) is 2.68. The van der Waals surface area contributed by atoms with Crippen LogP contribution in [-0.4, -0.2) is 21.0 Å². The highest BCUT2D eigenvalue weighted by Gasteiger charge is 2.37. The van der Waals surface area contributed by atoms with Crippen molar-refractivity contribution in [2.45, 2.75) is 55.9 Å². The van der Waals surface area contributed by atoms with Crippen molar-refractivity contribution in [3.8, 4) is 0 Å². The summed E-state index contributed by atoms with van der Waals surface area (Å²) in [6.07, 6.45) is 3.06. The molecule has 2 aliphatic rings. The third-order valence-corrected chi connectivity index (χ3v) is 6.69. The lowest BCUT2D eigenvalue weighted by molar-refractivity contribution is -0.116. The van der Waals surface area contributed by atoms with E-state index in [-0.39, 0.29) is 11.3 Å². The van der Waals surface area contributed by atoms with Crippen LogP contribution in [0, 0.1) is 0 Å². The Balaban J connectivity index is 1.90. The van der Waals surface area contributed by atoms with E-state index < -0.39 is 5.92 Å². The van der Waals surface area contributed by atoms with Crippen molar-refractivity contribution in [3.05, 3.63) is 62.0 Å². The lowest BCUT2D eigenvalue weighted by Gasteiger charge is -2.32. The molecule has 1 aromatic carbocycles. The van der Waals surface area contributed by atoms with E-state index >= 15 is 0 Å². The van der Waals surface area contributed by atoms with Gasteiger partial charge in [-0.2, -0.15) is 0 Å². The van der Waals surface area contributed by atoms with Crippen LogP contribution in [0.2, 0.25) is 5.02 Å². The van der Waals surface area contributed by atoms with Crippen LogP contribution in [0.25, 0.3) is 0 Å². The third-order valence-electron chi connectivity index (χ3n) is 5.31. The van der Waals surface area contributed by atoms with Gasteiger partial charge in [0.05, 0.1) is 5.56 Å². The molecule has 0 saturated heterocycles. The standard InChI is InChI=1S/C21H22ClN3O2S/c1-3-11(2)28-21-24-19-18(20(27)25-21)16(12-6-4-7-13(22)10-12)17-14(23-19)8-5-9-15(17)26/h4,6-7,10-11,16H,3,5,8-9H2,1-2H3,(H2,23,24,25,27). The Hall–Kier alpha value is -2.05. The van der Waals surface area contributed by atoms with Crippen molar-refractivity contribution in [1.29, 1.82) is 0 Å². The molecule has 2 aromatic rings. The van der Waals surface area contributed by atoms with Crippen LogP contribution in [0.1, 0.15) is 56.6 Å². The van der Waals surface area contributed by atoms with Crippen molar-refractivity contribution in [2.24, 2.45) is 0 Å². The summed E-state index contributed by atoms with van der Waals surface area (Å²) in [5.74, 6) is 0.187. The van der Waals surface area contributed by atoms with Gasteiger partial charge >= 0.3 is 0 Å². The second kappa shape index (κ2) is 7.76. The van der Waals surface area contributed by atoms with Crippen molar-refractivity contribution in [3.63, 3.8) is 0 Å². The predicted octanol–water partition coefficient (Wildman–Crippen LogP) is 4.88. The maximum atomic E-state index is 13.1. The number of anilines is 1. The molecule has 0 radical (unpaired) electrons. The van der Waals surface area contributed by atoms with Gasteiger partial charge in [0, 0.05) is 33.9 Å². The molecular weight excluding hydrogens is 394 g/mol. The lowest BCUT2D eigenvalue weighted by atomic mass is 9.76. The number of hydrogen-bond donors (Lipinski definition) is 2. The molecule has 0 amide bonds. The number of halogens is 1. The number of carbonyl (C=O) groups is 1. The number of H-pyrrole nitrogens is 1. The minimum Gasteiger partial charge on any atom is -0.343 e. The monoisotopic (exact) mass is 415 g/mol. The summed E-state index contributed by atoms with van der Waals surface area (Å²) >= 11 is 7.77. The highest BCUT2D eigenvalue weighted by molar-refractivity contribution is 7.99. The topological polar surface area (TPSA) is 74.8 Å². The molecular formula is C21H22ClN3O2S. The van der Waals surface area contributed by atoms with E-state index in [0.717, 1.165) is 30.5 Å². The van der Waals surface area contributed by atoms with Gasteiger partial charge in [0.1, 0.15) is 5.82 Å². The number of aromatic nitrogens is 2. The Morgan fingerprint density at radius 3 is 2.89 bits per heavy atom. The first-order valence-corrected chi connectivity index (χ1v) is 10.8. The molecule has 0 fully saturated rings. The normalized spacial score (nSPS) is 19.7. The zero-order valence-electron chi connectivity index (χ0n) is 15.8. The Kier molecular flexibility index (Phi) is 5.34. The summed E-state index contributed by atoms with van der Waals surface area (Å²) < 4.78 is 0. The summed E-state index contributed by atoms with van der Waals surface area (Å²) in [5, 5.41) is 4.82. The lowest BCUT2D eigenvalue weighted by Crippen LogP contribution is -2.32. The van der Waals surface area contributed by atoms with Gasteiger partial charge in [0.2, 0.25) is 0 Å². The largest absolute Gasteiger partial charge is 0.343 e. The van der Waals surface area contributed by atoms with Gasteiger partial charge in [-0.3, -0.25) is 9.59 Å². The molecule has 4 rings (SSSR count). The average molecular weight is 416 g/mol. The number of ketones is 1. The Morgan fingerprint density at radius 1 is 1.32 bits per heavy atom. The van der Waals surface area contributed by atoms with E-state index in [2.05, 4.69) is 24.1 Å². The molecule has 5 nitrogen and oxygen atoms in total. The van der Waals surface area contributed by atoms with Crippen molar-refractivity contribution in [2.75, 3.05) is 5.32 Å². The van der Waals surface area contributed by atoms with E-state index in [9.17, 15) is 9.59 Å². The number of rotatable bonds is 4. The van der Waals surface area contributed by atoms with Crippen LogP contribution < -0.4 is 10.9 Å². The number of fused-ring (bicyclic) bond motifs is 1. The number of nitrogens with one attached hydrogen (secondary N) is 2. The number of aromatic amines is 1. The second-order valence-corrected chi connectivity index (χ2v) is 9.12. The number of benzene rings is 1. The van der Waals surface area contributed by atoms with Crippen LogP contribution in [0.3, 0.4) is 0 Å². The first-order chi connectivity index (χ1) is 13.5. The first-order valence-electron chi connectivity index (χ1n) is 9.57. The molecule has 2 unspecified atom stereocenters. The maximum absolute atomic E-state index is 13.1. The van der Waals surface area contributed by atoms with Crippen LogP contribution >= 0.6 is 23.4 Å². The molecule has 146 valence electrons. The summed E-state index contributed by atoms with van der Waals surface area (Å²) in [7, 11) is 0.